The summed E-state index contributed by atoms with van der Waals surface area (Å²) < 4.78 is 13.4. The average molecular weight is 269 g/mol. The first-order valence-electron chi connectivity index (χ1n) is 6.32. The third-order valence-corrected chi connectivity index (χ3v) is 3.20. The van der Waals surface area contributed by atoms with Gasteiger partial charge in [-0.25, -0.2) is 4.39 Å². The minimum atomic E-state index is -0.305. The smallest absolute Gasteiger partial charge is 0.123 e. The second-order valence-corrected chi connectivity index (χ2v) is 4.71. The number of halogens is 1. The number of anilines is 2. The van der Waals surface area contributed by atoms with Crippen molar-refractivity contribution in [2.24, 2.45) is 5.73 Å². The number of nitriles is 1. The van der Waals surface area contributed by atoms with Crippen molar-refractivity contribution in [1.82, 2.24) is 0 Å². The van der Waals surface area contributed by atoms with Gasteiger partial charge >= 0.3 is 0 Å². The SMILES string of the molecule is C[C@H](N)c1cc(F)ccc1N(C)c1cccc(C#N)c1. The Hall–Kier alpha value is -2.38. The van der Waals surface area contributed by atoms with Crippen LogP contribution in [0.4, 0.5) is 15.8 Å². The number of benzene rings is 2. The van der Waals surface area contributed by atoms with Gasteiger partial charge in [-0.3, -0.25) is 0 Å². The van der Waals surface area contributed by atoms with E-state index in [1.54, 1.807) is 18.2 Å². The lowest BCUT2D eigenvalue weighted by molar-refractivity contribution is 0.622. The Morgan fingerprint density at radius 1 is 1.25 bits per heavy atom. The lowest BCUT2D eigenvalue weighted by atomic mass is 10.0. The average Bonchev–Trinajstić information content (AvgIpc) is 2.46. The summed E-state index contributed by atoms with van der Waals surface area (Å²) in [5.41, 5.74) is 8.91. The molecule has 4 heteroatoms. The fourth-order valence-electron chi connectivity index (χ4n) is 2.12. The molecule has 3 nitrogen and oxygen atoms in total. The van der Waals surface area contributed by atoms with Gasteiger partial charge in [0, 0.05) is 24.5 Å². The second-order valence-electron chi connectivity index (χ2n) is 4.71. The molecule has 0 unspecified atom stereocenters. The lowest BCUT2D eigenvalue weighted by Crippen LogP contribution is -2.16. The highest BCUT2D eigenvalue weighted by molar-refractivity contribution is 5.67. The molecular weight excluding hydrogens is 253 g/mol. The summed E-state index contributed by atoms with van der Waals surface area (Å²) in [5.74, 6) is -0.305. The van der Waals surface area contributed by atoms with Crippen LogP contribution in [0, 0.1) is 17.1 Å². The molecule has 0 aliphatic rings. The topological polar surface area (TPSA) is 53.0 Å². The quantitative estimate of drug-likeness (QED) is 0.928. The van der Waals surface area contributed by atoms with Crippen molar-refractivity contribution in [1.29, 1.82) is 5.26 Å². The first kappa shape index (κ1) is 14.0. The molecule has 0 aromatic heterocycles. The highest BCUT2D eigenvalue weighted by Crippen LogP contribution is 2.30. The highest BCUT2D eigenvalue weighted by Gasteiger charge is 2.13. The van der Waals surface area contributed by atoms with Gasteiger partial charge in [-0.15, -0.1) is 0 Å². The minimum absolute atomic E-state index is 0.276. The van der Waals surface area contributed by atoms with Crippen molar-refractivity contribution in [3.63, 3.8) is 0 Å². The van der Waals surface area contributed by atoms with Gasteiger partial charge < -0.3 is 10.6 Å². The first-order chi connectivity index (χ1) is 9.52. The minimum Gasteiger partial charge on any atom is -0.344 e. The molecule has 2 aromatic rings. The fraction of sp³-hybridized carbons (Fsp3) is 0.188. The molecule has 102 valence electrons. The molecule has 0 heterocycles. The van der Waals surface area contributed by atoms with Gasteiger partial charge in [-0.1, -0.05) is 6.07 Å². The van der Waals surface area contributed by atoms with Crippen molar-refractivity contribution >= 4 is 11.4 Å². The molecule has 0 saturated heterocycles. The summed E-state index contributed by atoms with van der Waals surface area (Å²) in [6.45, 7) is 1.82. The Bertz CT molecular complexity index is 659. The molecule has 20 heavy (non-hydrogen) atoms. The molecule has 0 spiro atoms. The van der Waals surface area contributed by atoms with Gasteiger partial charge in [0.25, 0.3) is 0 Å². The van der Waals surface area contributed by atoms with Crippen LogP contribution in [0.25, 0.3) is 0 Å². The van der Waals surface area contributed by atoms with Crippen LogP contribution in [-0.2, 0) is 0 Å². The molecular formula is C16H16FN3. The number of nitrogens with two attached hydrogens (primary N) is 1. The summed E-state index contributed by atoms with van der Waals surface area (Å²) in [4.78, 5) is 1.90. The van der Waals surface area contributed by atoms with E-state index in [4.69, 9.17) is 11.0 Å². The van der Waals surface area contributed by atoms with E-state index in [0.29, 0.717) is 5.56 Å². The molecule has 0 saturated carbocycles. The van der Waals surface area contributed by atoms with E-state index in [2.05, 4.69) is 6.07 Å². The number of hydrogen-bond acceptors (Lipinski definition) is 3. The maximum absolute atomic E-state index is 13.4. The van der Waals surface area contributed by atoms with Crippen LogP contribution in [0.2, 0.25) is 0 Å². The molecule has 2 aromatic carbocycles. The van der Waals surface area contributed by atoms with E-state index in [-0.39, 0.29) is 11.9 Å². The lowest BCUT2D eigenvalue weighted by Gasteiger charge is -2.24. The third kappa shape index (κ3) is 2.79. The van der Waals surface area contributed by atoms with Gasteiger partial charge in [0.1, 0.15) is 5.82 Å². The predicted octanol–water partition coefficient (Wildman–Crippen LogP) is 3.48. The van der Waals surface area contributed by atoms with Crippen molar-refractivity contribution < 1.29 is 4.39 Å². The monoisotopic (exact) mass is 269 g/mol. The van der Waals surface area contributed by atoms with Crippen molar-refractivity contribution in [3.05, 3.63) is 59.4 Å². The van der Waals surface area contributed by atoms with Crippen molar-refractivity contribution in [2.45, 2.75) is 13.0 Å². The Kier molecular flexibility index (Phi) is 4.02. The summed E-state index contributed by atoms with van der Waals surface area (Å²) in [6, 6.07) is 13.6. The van der Waals surface area contributed by atoms with Crippen LogP contribution >= 0.6 is 0 Å². The molecule has 1 atom stereocenters. The van der Waals surface area contributed by atoms with E-state index < -0.39 is 0 Å². The summed E-state index contributed by atoms with van der Waals surface area (Å²) in [6.07, 6.45) is 0. The molecule has 0 bridgehead atoms. The zero-order valence-corrected chi connectivity index (χ0v) is 11.5. The molecule has 0 fully saturated rings. The fourth-order valence-corrected chi connectivity index (χ4v) is 2.12. The maximum atomic E-state index is 13.4. The van der Waals surface area contributed by atoms with Crippen LogP contribution in [0.15, 0.2) is 42.5 Å². The van der Waals surface area contributed by atoms with E-state index in [1.807, 2.05) is 31.0 Å². The van der Waals surface area contributed by atoms with Crippen molar-refractivity contribution in [3.8, 4) is 6.07 Å². The zero-order chi connectivity index (χ0) is 14.7. The Balaban J connectivity index is 2.47. The van der Waals surface area contributed by atoms with Crippen LogP contribution in [0.5, 0.6) is 0 Å². The van der Waals surface area contributed by atoms with Crippen LogP contribution in [0.1, 0.15) is 24.1 Å². The van der Waals surface area contributed by atoms with Gasteiger partial charge in [-0.05, 0) is 48.9 Å². The van der Waals surface area contributed by atoms with Crippen LogP contribution < -0.4 is 10.6 Å². The van der Waals surface area contributed by atoms with E-state index in [1.165, 1.54) is 12.1 Å². The van der Waals surface area contributed by atoms with Gasteiger partial charge in [0.15, 0.2) is 0 Å². The van der Waals surface area contributed by atoms with Gasteiger partial charge in [-0.2, -0.15) is 5.26 Å². The Morgan fingerprint density at radius 2 is 2.00 bits per heavy atom. The number of hydrogen-bond donors (Lipinski definition) is 1. The molecule has 2 rings (SSSR count). The zero-order valence-electron chi connectivity index (χ0n) is 11.5. The third-order valence-electron chi connectivity index (χ3n) is 3.20. The van der Waals surface area contributed by atoms with Crippen LogP contribution in [0.3, 0.4) is 0 Å². The molecule has 0 aliphatic heterocycles. The molecule has 0 amide bonds. The maximum Gasteiger partial charge on any atom is 0.123 e. The van der Waals surface area contributed by atoms with E-state index in [9.17, 15) is 4.39 Å². The van der Waals surface area contributed by atoms with Gasteiger partial charge in [0.2, 0.25) is 0 Å². The van der Waals surface area contributed by atoms with Gasteiger partial charge in [0.05, 0.1) is 11.6 Å². The summed E-state index contributed by atoms with van der Waals surface area (Å²) in [5, 5.41) is 8.96. The molecule has 0 radical (unpaired) electrons. The largest absolute Gasteiger partial charge is 0.344 e. The predicted molar refractivity (Wildman–Crippen MR) is 78.2 cm³/mol. The molecule has 0 aliphatic carbocycles. The second kappa shape index (κ2) is 5.72. The molecule has 2 N–H and O–H groups in total. The first-order valence-corrected chi connectivity index (χ1v) is 6.32. The number of rotatable bonds is 3. The number of nitrogens with zero attached hydrogens (tertiary/aromatic N) is 2. The Morgan fingerprint density at radius 3 is 2.65 bits per heavy atom. The van der Waals surface area contributed by atoms with E-state index >= 15 is 0 Å². The van der Waals surface area contributed by atoms with Crippen molar-refractivity contribution in [2.75, 3.05) is 11.9 Å². The normalized spacial score (nSPS) is 11.8. The summed E-state index contributed by atoms with van der Waals surface area (Å²) in [7, 11) is 1.87. The van der Waals surface area contributed by atoms with Crippen LogP contribution in [-0.4, -0.2) is 7.05 Å². The highest BCUT2D eigenvalue weighted by atomic mass is 19.1. The summed E-state index contributed by atoms with van der Waals surface area (Å²) >= 11 is 0. The standard InChI is InChI=1S/C16H16FN3/c1-11(19)15-9-13(17)6-7-16(15)20(2)14-5-3-4-12(8-14)10-18/h3-9,11H,19H2,1-2H3/t11-/m0/s1. The Labute approximate surface area is 118 Å². The van der Waals surface area contributed by atoms with E-state index in [0.717, 1.165) is 16.9 Å².